The summed E-state index contributed by atoms with van der Waals surface area (Å²) in [5.74, 6) is -0.761. The molecule has 0 saturated heterocycles. The third-order valence-electron chi connectivity index (χ3n) is 4.01. The number of carbonyl (C=O) groups is 1. The second-order valence-corrected chi connectivity index (χ2v) is 5.91. The normalized spacial score (nSPS) is 11.2. The van der Waals surface area contributed by atoms with Gasteiger partial charge in [0.15, 0.2) is 5.58 Å². The molecule has 6 nitrogen and oxygen atoms in total. The van der Waals surface area contributed by atoms with E-state index >= 15 is 0 Å². The lowest BCUT2D eigenvalue weighted by Crippen LogP contribution is -2.12. The highest BCUT2D eigenvalue weighted by Gasteiger charge is 2.12. The maximum Gasteiger partial charge on any atom is 0.417 e. The zero-order valence-electron chi connectivity index (χ0n) is 13.2. The molecule has 0 saturated carbocycles. The van der Waals surface area contributed by atoms with Gasteiger partial charge in [-0.25, -0.2) is 4.79 Å². The number of nitrogens with one attached hydrogen (secondary N) is 3. The van der Waals surface area contributed by atoms with Crippen molar-refractivity contribution in [2.75, 3.05) is 5.32 Å². The van der Waals surface area contributed by atoms with Crippen molar-refractivity contribution in [1.82, 2.24) is 9.97 Å². The van der Waals surface area contributed by atoms with Crippen molar-refractivity contribution in [2.45, 2.75) is 13.8 Å². The summed E-state index contributed by atoms with van der Waals surface area (Å²) < 4.78 is 4.95. The van der Waals surface area contributed by atoms with Gasteiger partial charge in [0.05, 0.1) is 5.52 Å². The number of benzene rings is 2. The first-order valence-electron chi connectivity index (χ1n) is 7.54. The van der Waals surface area contributed by atoms with Crippen molar-refractivity contribution in [3.05, 3.63) is 63.8 Å². The number of hydrogen-bond donors (Lipinski definition) is 3. The fourth-order valence-electron chi connectivity index (χ4n) is 2.95. The Kier molecular flexibility index (Phi) is 3.06. The first-order valence-corrected chi connectivity index (χ1v) is 7.54. The van der Waals surface area contributed by atoms with Crippen LogP contribution in [-0.4, -0.2) is 15.9 Å². The van der Waals surface area contributed by atoms with Crippen molar-refractivity contribution in [3.63, 3.8) is 0 Å². The number of hydrogen-bond acceptors (Lipinski definition) is 3. The maximum atomic E-state index is 12.5. The van der Waals surface area contributed by atoms with Crippen LogP contribution in [0.2, 0.25) is 0 Å². The van der Waals surface area contributed by atoms with Gasteiger partial charge >= 0.3 is 5.76 Å². The fraction of sp³-hybridized carbons (Fsp3) is 0.111. The summed E-state index contributed by atoms with van der Waals surface area (Å²) in [6.45, 7) is 4.04. The predicted molar refractivity (Wildman–Crippen MR) is 92.6 cm³/mol. The average Bonchev–Trinajstić information content (AvgIpc) is 3.09. The lowest BCUT2D eigenvalue weighted by atomic mass is 10.1. The topological polar surface area (TPSA) is 90.9 Å². The zero-order chi connectivity index (χ0) is 16.8. The highest BCUT2D eigenvalue weighted by atomic mass is 16.4. The summed E-state index contributed by atoms with van der Waals surface area (Å²) in [6.07, 6.45) is 0. The molecule has 0 aliphatic heterocycles. The van der Waals surface area contributed by atoms with Gasteiger partial charge in [0.1, 0.15) is 5.69 Å². The predicted octanol–water partition coefficient (Wildman–Crippen LogP) is 3.47. The molecular weight excluding hydrogens is 306 g/mol. The van der Waals surface area contributed by atoms with Crippen molar-refractivity contribution >= 4 is 33.6 Å². The number of amides is 1. The van der Waals surface area contributed by atoms with E-state index < -0.39 is 5.76 Å². The molecule has 0 fully saturated rings. The van der Waals surface area contributed by atoms with Crippen LogP contribution >= 0.6 is 0 Å². The number of aromatic nitrogens is 2. The number of aryl methyl sites for hydroxylation is 2. The smallest absolute Gasteiger partial charge is 0.408 e. The molecule has 4 aromatic rings. The molecule has 0 atom stereocenters. The van der Waals surface area contributed by atoms with Crippen molar-refractivity contribution in [1.29, 1.82) is 0 Å². The summed E-state index contributed by atoms with van der Waals surface area (Å²) >= 11 is 0. The third-order valence-corrected chi connectivity index (χ3v) is 4.01. The second kappa shape index (κ2) is 5.13. The lowest BCUT2D eigenvalue weighted by Gasteiger charge is -2.03. The van der Waals surface area contributed by atoms with Crippen LogP contribution < -0.4 is 11.1 Å². The van der Waals surface area contributed by atoms with Crippen LogP contribution in [0.1, 0.15) is 21.6 Å². The Labute approximate surface area is 136 Å². The molecule has 2 aromatic carbocycles. The fourth-order valence-corrected chi connectivity index (χ4v) is 2.95. The molecule has 120 valence electrons. The monoisotopic (exact) mass is 321 g/mol. The first kappa shape index (κ1) is 14.3. The average molecular weight is 321 g/mol. The molecule has 2 heterocycles. The summed E-state index contributed by atoms with van der Waals surface area (Å²) in [5, 5.41) is 3.85. The number of rotatable bonds is 2. The van der Waals surface area contributed by atoms with E-state index in [9.17, 15) is 9.59 Å². The molecule has 0 spiro atoms. The molecule has 0 aliphatic rings. The van der Waals surface area contributed by atoms with Gasteiger partial charge in [0.25, 0.3) is 5.91 Å². The van der Waals surface area contributed by atoms with Crippen LogP contribution in [-0.2, 0) is 0 Å². The minimum Gasteiger partial charge on any atom is -0.408 e. The Morgan fingerprint density at radius 2 is 1.88 bits per heavy atom. The Morgan fingerprint density at radius 3 is 2.71 bits per heavy atom. The Bertz CT molecular complexity index is 1150. The van der Waals surface area contributed by atoms with E-state index in [0.717, 1.165) is 22.0 Å². The number of aromatic amines is 2. The Hall–Kier alpha value is -3.28. The molecule has 0 bridgehead atoms. The number of fused-ring (bicyclic) bond motifs is 2. The van der Waals surface area contributed by atoms with E-state index in [1.165, 1.54) is 0 Å². The van der Waals surface area contributed by atoms with Crippen molar-refractivity contribution in [2.24, 2.45) is 0 Å². The molecule has 1 amide bonds. The summed E-state index contributed by atoms with van der Waals surface area (Å²) in [7, 11) is 0. The summed E-state index contributed by atoms with van der Waals surface area (Å²) in [5.41, 5.74) is 5.26. The highest BCUT2D eigenvalue weighted by Crippen LogP contribution is 2.22. The molecular formula is C18H15N3O3. The molecule has 0 unspecified atom stereocenters. The van der Waals surface area contributed by atoms with Gasteiger partial charge in [-0.2, -0.15) is 0 Å². The molecule has 4 rings (SSSR count). The standard InChI is InChI=1S/C18H15N3O3/c1-9-5-10(2)12-8-15(20-13(12)6-9)17(22)19-11-3-4-16-14(7-11)21-18(23)24-16/h3-8,20H,1-2H3,(H,19,22)(H,21,23). The number of H-pyrrole nitrogens is 2. The van der Waals surface area contributed by atoms with Crippen LogP contribution in [0.4, 0.5) is 5.69 Å². The maximum absolute atomic E-state index is 12.5. The number of oxazole rings is 1. The van der Waals surface area contributed by atoms with E-state index in [-0.39, 0.29) is 5.91 Å². The van der Waals surface area contributed by atoms with Crippen LogP contribution in [0, 0.1) is 13.8 Å². The van der Waals surface area contributed by atoms with Gasteiger partial charge in [-0.05, 0) is 55.3 Å². The van der Waals surface area contributed by atoms with E-state index in [4.69, 9.17) is 4.42 Å². The number of anilines is 1. The van der Waals surface area contributed by atoms with Gasteiger partial charge in [-0.1, -0.05) is 6.07 Å². The van der Waals surface area contributed by atoms with Crippen LogP contribution in [0.15, 0.2) is 45.6 Å². The Balaban J connectivity index is 1.67. The summed E-state index contributed by atoms with van der Waals surface area (Å²) in [4.78, 5) is 29.4. The minimum atomic E-state index is -0.519. The van der Waals surface area contributed by atoms with Crippen LogP contribution in [0.5, 0.6) is 0 Å². The van der Waals surface area contributed by atoms with Gasteiger partial charge < -0.3 is 14.7 Å². The molecule has 6 heteroatoms. The first-order chi connectivity index (χ1) is 11.5. The zero-order valence-corrected chi connectivity index (χ0v) is 13.2. The van der Waals surface area contributed by atoms with E-state index in [2.05, 4.69) is 21.4 Å². The van der Waals surface area contributed by atoms with Crippen molar-refractivity contribution < 1.29 is 9.21 Å². The second-order valence-electron chi connectivity index (χ2n) is 5.91. The molecule has 3 N–H and O–H groups in total. The quantitative estimate of drug-likeness (QED) is 0.528. The van der Waals surface area contributed by atoms with Gasteiger partial charge in [0, 0.05) is 16.6 Å². The molecule has 0 radical (unpaired) electrons. The van der Waals surface area contributed by atoms with Crippen molar-refractivity contribution in [3.8, 4) is 0 Å². The van der Waals surface area contributed by atoms with Crippen LogP contribution in [0.3, 0.4) is 0 Å². The van der Waals surface area contributed by atoms with Gasteiger partial charge in [-0.15, -0.1) is 0 Å². The molecule has 24 heavy (non-hydrogen) atoms. The SMILES string of the molecule is Cc1cc(C)c2cc(C(=O)Nc3ccc4oc(=O)[nH]c4c3)[nH]c2c1. The minimum absolute atomic E-state index is 0.242. The highest BCUT2D eigenvalue weighted by molar-refractivity contribution is 6.06. The van der Waals surface area contributed by atoms with Crippen LogP contribution in [0.25, 0.3) is 22.0 Å². The largest absolute Gasteiger partial charge is 0.417 e. The van der Waals surface area contributed by atoms with E-state index in [1.807, 2.05) is 26.0 Å². The lowest BCUT2D eigenvalue weighted by molar-refractivity contribution is 0.102. The Morgan fingerprint density at radius 1 is 1.04 bits per heavy atom. The van der Waals surface area contributed by atoms with E-state index in [0.29, 0.717) is 22.5 Å². The summed E-state index contributed by atoms with van der Waals surface area (Å²) in [6, 6.07) is 10.9. The third kappa shape index (κ3) is 2.38. The molecule has 2 aromatic heterocycles. The van der Waals surface area contributed by atoms with Gasteiger partial charge in [-0.3, -0.25) is 9.78 Å². The number of carbonyl (C=O) groups excluding carboxylic acids is 1. The van der Waals surface area contributed by atoms with Gasteiger partial charge in [0.2, 0.25) is 0 Å². The van der Waals surface area contributed by atoms with E-state index in [1.54, 1.807) is 18.2 Å². The molecule has 0 aliphatic carbocycles.